The highest BCUT2D eigenvalue weighted by Crippen LogP contribution is 2.19. The Labute approximate surface area is 92.6 Å². The lowest BCUT2D eigenvalue weighted by Crippen LogP contribution is -1.89. The summed E-state index contributed by atoms with van der Waals surface area (Å²) < 4.78 is 1.82. The summed E-state index contributed by atoms with van der Waals surface area (Å²) in [6, 6.07) is 5.93. The van der Waals surface area contributed by atoms with Gasteiger partial charge in [0.05, 0.1) is 17.3 Å². The van der Waals surface area contributed by atoms with Crippen molar-refractivity contribution in [3.63, 3.8) is 0 Å². The number of fused-ring (bicyclic) bond motifs is 1. The van der Waals surface area contributed by atoms with E-state index in [4.69, 9.17) is 0 Å². The highest BCUT2D eigenvalue weighted by molar-refractivity contribution is 5.75. The largest absolute Gasteiger partial charge is 0.240 e. The minimum Gasteiger partial charge on any atom is -0.240 e. The number of aryl methyl sites for hydroxylation is 1. The molecule has 3 aromatic rings. The van der Waals surface area contributed by atoms with Crippen LogP contribution in [-0.2, 0) is 0 Å². The molecule has 0 radical (unpaired) electrons. The Kier molecular flexibility index (Phi) is 1.93. The van der Waals surface area contributed by atoms with Crippen molar-refractivity contribution in [2.75, 3.05) is 0 Å². The number of nitrogens with zero attached hydrogens (tertiary/aromatic N) is 4. The maximum atomic E-state index is 4.31. The van der Waals surface area contributed by atoms with Gasteiger partial charge < -0.3 is 0 Å². The van der Waals surface area contributed by atoms with Crippen LogP contribution in [-0.4, -0.2) is 19.6 Å². The molecule has 3 heterocycles. The zero-order chi connectivity index (χ0) is 11.0. The van der Waals surface area contributed by atoms with Gasteiger partial charge in [-0.05, 0) is 24.6 Å². The van der Waals surface area contributed by atoms with E-state index < -0.39 is 0 Å². The summed E-state index contributed by atoms with van der Waals surface area (Å²) in [4.78, 5) is 8.61. The Morgan fingerprint density at radius 1 is 1.06 bits per heavy atom. The summed E-state index contributed by atoms with van der Waals surface area (Å²) in [6.45, 7) is 1.97. The summed E-state index contributed by atoms with van der Waals surface area (Å²) >= 11 is 0. The molecular formula is C12H10N4. The standard InChI is InChI=1S/C12H10N4/c1-9-6-13-12(14-7-9)10-8-15-16-5-3-2-4-11(10)16/h2-8H,1H3. The highest BCUT2D eigenvalue weighted by Gasteiger charge is 2.07. The first kappa shape index (κ1) is 9.03. The quantitative estimate of drug-likeness (QED) is 0.617. The second-order valence-corrected chi connectivity index (χ2v) is 3.67. The minimum atomic E-state index is 0.715. The van der Waals surface area contributed by atoms with Crippen LogP contribution < -0.4 is 0 Å². The van der Waals surface area contributed by atoms with E-state index in [2.05, 4.69) is 15.1 Å². The van der Waals surface area contributed by atoms with Crippen molar-refractivity contribution in [3.05, 3.63) is 48.5 Å². The topological polar surface area (TPSA) is 43.1 Å². The lowest BCUT2D eigenvalue weighted by Gasteiger charge is -1.97. The second kappa shape index (κ2) is 3.41. The Morgan fingerprint density at radius 3 is 2.69 bits per heavy atom. The molecule has 0 aromatic carbocycles. The zero-order valence-corrected chi connectivity index (χ0v) is 8.83. The van der Waals surface area contributed by atoms with E-state index in [0.717, 1.165) is 16.6 Å². The highest BCUT2D eigenvalue weighted by atomic mass is 15.2. The molecule has 78 valence electrons. The molecular weight excluding hydrogens is 200 g/mol. The predicted octanol–water partition coefficient (Wildman–Crippen LogP) is 2.10. The monoisotopic (exact) mass is 210 g/mol. The van der Waals surface area contributed by atoms with Crippen molar-refractivity contribution in [2.45, 2.75) is 6.92 Å². The molecule has 0 fully saturated rings. The molecule has 0 aliphatic carbocycles. The third-order valence-electron chi connectivity index (χ3n) is 2.45. The van der Waals surface area contributed by atoms with Gasteiger partial charge in [-0.3, -0.25) is 0 Å². The molecule has 3 rings (SSSR count). The summed E-state index contributed by atoms with van der Waals surface area (Å²) in [5, 5.41) is 4.25. The van der Waals surface area contributed by atoms with Crippen LogP contribution in [0.5, 0.6) is 0 Å². The summed E-state index contributed by atoms with van der Waals surface area (Å²) in [5.41, 5.74) is 3.03. The molecule has 0 bridgehead atoms. The van der Waals surface area contributed by atoms with Crippen LogP contribution >= 0.6 is 0 Å². The normalized spacial score (nSPS) is 10.8. The fraction of sp³-hybridized carbons (Fsp3) is 0.0833. The molecule has 0 amide bonds. The smallest absolute Gasteiger partial charge is 0.162 e. The maximum absolute atomic E-state index is 4.31. The molecule has 3 aromatic heterocycles. The van der Waals surface area contributed by atoms with Crippen LogP contribution in [0.3, 0.4) is 0 Å². The third kappa shape index (κ3) is 1.35. The van der Waals surface area contributed by atoms with Crippen molar-refractivity contribution in [3.8, 4) is 11.4 Å². The van der Waals surface area contributed by atoms with Gasteiger partial charge in [-0.25, -0.2) is 14.5 Å². The first-order valence-electron chi connectivity index (χ1n) is 5.06. The molecule has 0 aliphatic heterocycles. The van der Waals surface area contributed by atoms with Gasteiger partial charge in [0.1, 0.15) is 0 Å². The lowest BCUT2D eigenvalue weighted by atomic mass is 10.2. The average Bonchev–Trinajstić information content (AvgIpc) is 2.74. The van der Waals surface area contributed by atoms with Gasteiger partial charge in [0, 0.05) is 18.6 Å². The Morgan fingerprint density at radius 2 is 1.88 bits per heavy atom. The van der Waals surface area contributed by atoms with E-state index in [1.165, 1.54) is 0 Å². The first-order chi connectivity index (χ1) is 7.84. The van der Waals surface area contributed by atoms with Crippen molar-refractivity contribution < 1.29 is 0 Å². The number of aromatic nitrogens is 4. The fourth-order valence-corrected chi connectivity index (χ4v) is 1.64. The van der Waals surface area contributed by atoms with Gasteiger partial charge in [-0.15, -0.1) is 0 Å². The zero-order valence-electron chi connectivity index (χ0n) is 8.83. The predicted molar refractivity (Wildman–Crippen MR) is 61.0 cm³/mol. The Hall–Kier alpha value is -2.23. The van der Waals surface area contributed by atoms with Gasteiger partial charge in [0.25, 0.3) is 0 Å². The fourth-order valence-electron chi connectivity index (χ4n) is 1.64. The first-order valence-corrected chi connectivity index (χ1v) is 5.06. The van der Waals surface area contributed by atoms with Crippen LogP contribution in [0.4, 0.5) is 0 Å². The van der Waals surface area contributed by atoms with Crippen LogP contribution in [0, 0.1) is 6.92 Å². The molecule has 4 heteroatoms. The van der Waals surface area contributed by atoms with E-state index in [9.17, 15) is 0 Å². The molecule has 0 N–H and O–H groups in total. The number of pyridine rings is 1. The molecule has 0 saturated heterocycles. The molecule has 0 aliphatic rings. The van der Waals surface area contributed by atoms with Crippen molar-refractivity contribution in [2.24, 2.45) is 0 Å². The average molecular weight is 210 g/mol. The maximum Gasteiger partial charge on any atom is 0.162 e. The van der Waals surface area contributed by atoms with E-state index in [-0.39, 0.29) is 0 Å². The van der Waals surface area contributed by atoms with Crippen molar-refractivity contribution >= 4 is 5.52 Å². The minimum absolute atomic E-state index is 0.715. The second-order valence-electron chi connectivity index (χ2n) is 3.67. The SMILES string of the molecule is Cc1cnc(-c2cnn3ccccc23)nc1. The summed E-state index contributed by atoms with van der Waals surface area (Å²) in [5.74, 6) is 0.715. The van der Waals surface area contributed by atoms with Gasteiger partial charge in [0.2, 0.25) is 0 Å². The van der Waals surface area contributed by atoms with Crippen LogP contribution in [0.25, 0.3) is 16.9 Å². The van der Waals surface area contributed by atoms with E-state index in [0.29, 0.717) is 5.82 Å². The van der Waals surface area contributed by atoms with Gasteiger partial charge in [-0.1, -0.05) is 6.07 Å². The van der Waals surface area contributed by atoms with Gasteiger partial charge in [-0.2, -0.15) is 5.10 Å². The van der Waals surface area contributed by atoms with Crippen molar-refractivity contribution in [1.82, 2.24) is 19.6 Å². The molecule has 0 saturated carbocycles. The van der Waals surface area contributed by atoms with E-state index >= 15 is 0 Å². The van der Waals surface area contributed by atoms with Crippen LogP contribution in [0.15, 0.2) is 43.0 Å². The Balaban J connectivity index is 2.22. The molecule has 0 atom stereocenters. The lowest BCUT2D eigenvalue weighted by molar-refractivity contribution is 0.961. The Bertz CT molecular complexity index is 625. The summed E-state index contributed by atoms with van der Waals surface area (Å²) in [7, 11) is 0. The van der Waals surface area contributed by atoms with E-state index in [1.54, 1.807) is 6.20 Å². The van der Waals surface area contributed by atoms with Crippen molar-refractivity contribution in [1.29, 1.82) is 0 Å². The summed E-state index contributed by atoms with van der Waals surface area (Å²) in [6.07, 6.45) is 7.33. The number of rotatable bonds is 1. The molecule has 0 unspecified atom stereocenters. The van der Waals surface area contributed by atoms with Gasteiger partial charge in [0.15, 0.2) is 5.82 Å². The van der Waals surface area contributed by atoms with Crippen LogP contribution in [0.2, 0.25) is 0 Å². The molecule has 16 heavy (non-hydrogen) atoms. The molecule has 0 spiro atoms. The molecule has 4 nitrogen and oxygen atoms in total. The number of hydrogen-bond acceptors (Lipinski definition) is 3. The van der Waals surface area contributed by atoms with Crippen LogP contribution in [0.1, 0.15) is 5.56 Å². The van der Waals surface area contributed by atoms with E-state index in [1.807, 2.05) is 48.2 Å². The third-order valence-corrected chi connectivity index (χ3v) is 2.45. The van der Waals surface area contributed by atoms with Gasteiger partial charge >= 0.3 is 0 Å². The number of hydrogen-bond donors (Lipinski definition) is 0.